The van der Waals surface area contributed by atoms with E-state index in [1.165, 1.54) is 0 Å². The van der Waals surface area contributed by atoms with Crippen LogP contribution in [0.5, 0.6) is 0 Å². The van der Waals surface area contributed by atoms with Gasteiger partial charge in [0.1, 0.15) is 0 Å². The van der Waals surface area contributed by atoms with Crippen LogP contribution >= 0.6 is 0 Å². The van der Waals surface area contributed by atoms with Gasteiger partial charge in [0.25, 0.3) is 0 Å². The van der Waals surface area contributed by atoms with Gasteiger partial charge in [0.05, 0.1) is 0 Å². The van der Waals surface area contributed by atoms with Gasteiger partial charge in [-0.2, -0.15) is 0 Å². The van der Waals surface area contributed by atoms with Crippen LogP contribution in [0.4, 0.5) is 0 Å². The van der Waals surface area contributed by atoms with Crippen molar-refractivity contribution in [2.45, 2.75) is 0 Å². The van der Waals surface area contributed by atoms with Gasteiger partial charge < -0.3 is 14.1 Å². The van der Waals surface area contributed by atoms with Crippen molar-refractivity contribution < 1.29 is 31.4 Å². The van der Waals surface area contributed by atoms with Crippen LogP contribution < -0.4 is 9.59 Å². The third kappa shape index (κ3) is 73.2. The molecule has 6 heavy (non-hydrogen) atoms. The molecule has 0 spiro atoms. The van der Waals surface area contributed by atoms with E-state index in [4.69, 9.17) is 14.1 Å². The van der Waals surface area contributed by atoms with Crippen LogP contribution in [0.3, 0.4) is 0 Å². The molecule has 0 heterocycles. The summed E-state index contributed by atoms with van der Waals surface area (Å²) < 4.78 is 8.52. The zero-order valence-corrected chi connectivity index (χ0v) is 8.80. The van der Waals surface area contributed by atoms with Crippen LogP contribution in [-0.4, -0.2) is 36.5 Å². The van der Waals surface area contributed by atoms with E-state index in [0.29, 0.717) is 0 Å². The molecule has 32 valence electrons. The molecule has 0 fully saturated rings. The molecule has 0 aliphatic rings. The summed E-state index contributed by atoms with van der Waals surface area (Å²) in [4.78, 5) is 17.0. The monoisotopic (exact) mass is 336 g/mol. The zero-order chi connectivity index (χ0) is 3.58. The van der Waals surface area contributed by atoms with Crippen LogP contribution in [0.25, 0.3) is 0 Å². The molecule has 0 bridgehead atoms. The van der Waals surface area contributed by atoms with Crippen LogP contribution in [0, 0.1) is 0 Å². The average Bonchev–Trinajstić information content (AvgIpc) is 0.811. The summed E-state index contributed by atoms with van der Waals surface area (Å²) in [5.41, 5.74) is 0. The minimum Gasteiger partial charge on any atom is -0.672 e. The van der Waals surface area contributed by atoms with E-state index in [2.05, 4.69) is 0 Å². The van der Waals surface area contributed by atoms with Crippen molar-refractivity contribution in [3.63, 3.8) is 0 Å². The Hall–Kier alpha value is 1.07. The van der Waals surface area contributed by atoms with E-state index in [-0.39, 0.29) is 44.7 Å². The molecule has 0 aliphatic heterocycles. The minimum absolute atomic E-state index is 0. The molecule has 0 aliphatic carbocycles. The van der Waals surface area contributed by atoms with E-state index in [1.807, 2.05) is 0 Å². The Morgan fingerprint density at radius 2 is 1.33 bits per heavy atom. The second-order valence-corrected chi connectivity index (χ2v) is 0.750. The van der Waals surface area contributed by atoms with Crippen molar-refractivity contribution >= 4 is 36.5 Å². The van der Waals surface area contributed by atoms with Crippen LogP contribution in [0.2, 0.25) is 0 Å². The molecular weight excluding hydrogens is 335 g/mol. The minimum atomic E-state index is -3.63. The van der Waals surface area contributed by atoms with Gasteiger partial charge >= 0.3 is 17.4 Å². The van der Waals surface area contributed by atoms with Gasteiger partial charge in [-0.05, 0) is 0 Å². The van der Waals surface area contributed by atoms with Gasteiger partial charge in [0, 0.05) is 36.5 Å². The SMILES string of the molecule is O=[Si]([O-])[O-].[Cr+2].[Pb]. The molecule has 0 aromatic heterocycles. The molecular formula is CrO3PbSi. The Morgan fingerprint density at radius 3 is 1.33 bits per heavy atom. The van der Waals surface area contributed by atoms with Crippen LogP contribution in [-0.2, 0) is 21.8 Å². The van der Waals surface area contributed by atoms with Crippen molar-refractivity contribution in [1.29, 1.82) is 0 Å². The summed E-state index contributed by atoms with van der Waals surface area (Å²) >= 11 is 0. The predicted octanol–water partition coefficient (Wildman–Crippen LogP) is -3.26. The summed E-state index contributed by atoms with van der Waals surface area (Å²) in [5, 5.41) is 0. The van der Waals surface area contributed by atoms with Crippen LogP contribution in [0.15, 0.2) is 0 Å². The van der Waals surface area contributed by atoms with E-state index in [1.54, 1.807) is 0 Å². The Labute approximate surface area is 67.6 Å². The molecule has 0 N–H and O–H groups in total. The smallest absolute Gasteiger partial charge is 0.672 e. The van der Waals surface area contributed by atoms with E-state index < -0.39 is 9.17 Å². The molecule has 4 radical (unpaired) electrons. The van der Waals surface area contributed by atoms with Gasteiger partial charge in [-0.15, -0.1) is 0 Å². The first-order valence-corrected chi connectivity index (χ1v) is 1.84. The predicted molar refractivity (Wildman–Crippen MR) is 12.2 cm³/mol. The Kier molecular flexibility index (Phi) is 24.7. The molecule has 3 nitrogen and oxygen atoms in total. The first kappa shape index (κ1) is 15.7. The zero-order valence-electron chi connectivity index (χ0n) is 2.63. The average molecular weight is 335 g/mol. The summed E-state index contributed by atoms with van der Waals surface area (Å²) in [7, 11) is -3.63. The first-order valence-electron chi connectivity index (χ1n) is 0.612. The topological polar surface area (TPSA) is 63.2 Å². The van der Waals surface area contributed by atoms with Gasteiger partial charge in [-0.3, -0.25) is 0 Å². The molecule has 0 rings (SSSR count). The third-order valence-corrected chi connectivity index (χ3v) is 0. The Bertz CT molecular complexity index is 33.8. The fourth-order valence-corrected chi connectivity index (χ4v) is 0. The molecule has 0 unspecified atom stereocenters. The van der Waals surface area contributed by atoms with Crippen molar-refractivity contribution in [1.82, 2.24) is 0 Å². The quantitative estimate of drug-likeness (QED) is 0.437. The van der Waals surface area contributed by atoms with Crippen molar-refractivity contribution in [2.24, 2.45) is 0 Å². The van der Waals surface area contributed by atoms with Crippen molar-refractivity contribution in [2.75, 3.05) is 0 Å². The van der Waals surface area contributed by atoms with Crippen molar-refractivity contribution in [3.8, 4) is 0 Å². The van der Waals surface area contributed by atoms with Gasteiger partial charge in [0.15, 0.2) is 0 Å². The van der Waals surface area contributed by atoms with Gasteiger partial charge in [-0.1, -0.05) is 0 Å². The molecule has 6 heteroatoms. The molecule has 0 amide bonds. The third-order valence-electron chi connectivity index (χ3n) is 0. The number of hydrogen-bond donors (Lipinski definition) is 0. The Balaban J connectivity index is -0.0000000450. The molecule has 0 saturated heterocycles. The van der Waals surface area contributed by atoms with Gasteiger partial charge in [0.2, 0.25) is 0 Å². The summed E-state index contributed by atoms with van der Waals surface area (Å²) in [5.74, 6) is 0. The molecule has 0 saturated carbocycles. The largest absolute Gasteiger partial charge is 2.00 e. The maximum atomic E-state index is 8.52. The maximum absolute atomic E-state index is 8.52. The second-order valence-electron chi connectivity index (χ2n) is 0.250. The summed E-state index contributed by atoms with van der Waals surface area (Å²) in [6.45, 7) is 0. The molecule has 0 atom stereocenters. The second kappa shape index (κ2) is 9.42. The first-order chi connectivity index (χ1) is 1.73. The normalized spacial score (nSPS) is 4.00. The summed E-state index contributed by atoms with van der Waals surface area (Å²) in [6, 6.07) is 0. The number of rotatable bonds is 0. The summed E-state index contributed by atoms with van der Waals surface area (Å²) in [6.07, 6.45) is 0. The standard InChI is InChI=1S/Cr.O3Si.Pb/c;1-4(2)3;/q+2;-2;. The van der Waals surface area contributed by atoms with E-state index in [9.17, 15) is 0 Å². The molecule has 0 aromatic rings. The van der Waals surface area contributed by atoms with Crippen LogP contribution in [0.1, 0.15) is 0 Å². The Morgan fingerprint density at radius 1 is 1.33 bits per heavy atom. The van der Waals surface area contributed by atoms with Gasteiger partial charge in [-0.25, -0.2) is 0 Å². The maximum Gasteiger partial charge on any atom is 2.00 e. The molecule has 0 aromatic carbocycles. The van der Waals surface area contributed by atoms with E-state index in [0.717, 1.165) is 0 Å². The fourth-order valence-electron chi connectivity index (χ4n) is 0. The van der Waals surface area contributed by atoms with E-state index >= 15 is 0 Å². The van der Waals surface area contributed by atoms with Crippen molar-refractivity contribution in [3.05, 3.63) is 0 Å². The fraction of sp³-hybridized carbons (Fsp3) is 0. The number of hydrogen-bond acceptors (Lipinski definition) is 3.